The summed E-state index contributed by atoms with van der Waals surface area (Å²) in [4.78, 5) is 10.8. The molecular formula is C23H33Br2O3-. The van der Waals surface area contributed by atoms with E-state index in [0.29, 0.717) is 0 Å². The van der Waals surface area contributed by atoms with Gasteiger partial charge in [0.2, 0.25) is 0 Å². The maximum absolute atomic E-state index is 10.8. The number of benzene rings is 1. The van der Waals surface area contributed by atoms with Crippen molar-refractivity contribution in [1.82, 2.24) is 0 Å². The minimum atomic E-state index is -1.22. The molecule has 0 heterocycles. The summed E-state index contributed by atoms with van der Waals surface area (Å²) in [6.45, 7) is 6.02. The molecule has 3 nitrogen and oxygen atoms in total. The number of halogens is 2. The summed E-state index contributed by atoms with van der Waals surface area (Å²) in [5.74, 6) is -0.422. The van der Waals surface area contributed by atoms with E-state index >= 15 is 0 Å². The van der Waals surface area contributed by atoms with E-state index in [-0.39, 0.29) is 18.6 Å². The highest BCUT2D eigenvalue weighted by molar-refractivity contribution is 9.11. The summed E-state index contributed by atoms with van der Waals surface area (Å²) >= 11 is 7.10. The largest absolute Gasteiger partial charge is 0.545 e. The van der Waals surface area contributed by atoms with Crippen molar-refractivity contribution in [1.29, 1.82) is 0 Å². The number of hydrogen-bond acceptors (Lipinski definition) is 3. The predicted molar refractivity (Wildman–Crippen MR) is 122 cm³/mol. The number of carboxylic acid groups (broad SMARTS) is 1. The molecule has 0 unspecified atom stereocenters. The first-order chi connectivity index (χ1) is 13.5. The Labute approximate surface area is 187 Å². The van der Waals surface area contributed by atoms with Crippen LogP contribution in [0.25, 0.3) is 0 Å². The van der Waals surface area contributed by atoms with Gasteiger partial charge in [-0.25, -0.2) is 0 Å². The van der Waals surface area contributed by atoms with Crippen molar-refractivity contribution in [2.24, 2.45) is 0 Å². The molecule has 0 N–H and O–H groups in total. The lowest BCUT2D eigenvalue weighted by Crippen LogP contribution is -2.24. The molecule has 0 aromatic heterocycles. The van der Waals surface area contributed by atoms with Crippen LogP contribution in [-0.4, -0.2) is 12.6 Å². The molecule has 0 saturated carbocycles. The summed E-state index contributed by atoms with van der Waals surface area (Å²) in [5.41, 5.74) is 1.20. The molecule has 1 aromatic rings. The summed E-state index contributed by atoms with van der Waals surface area (Å²) in [6.07, 6.45) is 14.3. The molecule has 0 saturated heterocycles. The lowest BCUT2D eigenvalue weighted by Gasteiger charge is -2.15. The van der Waals surface area contributed by atoms with Crippen LogP contribution >= 0.6 is 31.9 Å². The number of ether oxygens (including phenoxy) is 1. The molecule has 5 heteroatoms. The van der Waals surface area contributed by atoms with Crippen LogP contribution in [0.1, 0.15) is 83.1 Å². The maximum Gasteiger partial charge on any atom is 0.136 e. The summed E-state index contributed by atoms with van der Waals surface area (Å²) < 4.78 is 7.75. The van der Waals surface area contributed by atoms with Crippen molar-refractivity contribution < 1.29 is 14.6 Å². The summed E-state index contributed by atoms with van der Waals surface area (Å²) in [5, 5.41) is 10.8. The van der Waals surface area contributed by atoms with Crippen molar-refractivity contribution in [3.8, 4) is 5.75 Å². The van der Waals surface area contributed by atoms with Crippen LogP contribution in [-0.2, 0) is 11.2 Å². The quantitative estimate of drug-likeness (QED) is 0.180. The van der Waals surface area contributed by atoms with Crippen molar-refractivity contribution in [2.45, 2.75) is 84.0 Å². The third-order valence-electron chi connectivity index (χ3n) is 4.82. The second kappa shape index (κ2) is 15.1. The molecule has 0 spiro atoms. The maximum atomic E-state index is 10.8. The van der Waals surface area contributed by atoms with Crippen molar-refractivity contribution in [2.75, 3.05) is 6.61 Å². The zero-order chi connectivity index (χ0) is 20.8. The molecule has 0 aliphatic carbocycles. The summed E-state index contributed by atoms with van der Waals surface area (Å²) in [7, 11) is 0. The fourth-order valence-corrected chi connectivity index (χ4v) is 4.57. The Bertz CT molecular complexity index is 614. The van der Waals surface area contributed by atoms with E-state index in [0.717, 1.165) is 33.1 Å². The van der Waals surface area contributed by atoms with Crippen LogP contribution in [0, 0.1) is 0 Å². The third-order valence-corrected chi connectivity index (χ3v) is 5.87. The second-order valence-electron chi connectivity index (χ2n) is 7.30. The van der Waals surface area contributed by atoms with E-state index in [1.807, 2.05) is 6.07 Å². The topological polar surface area (TPSA) is 49.4 Å². The van der Waals surface area contributed by atoms with Crippen LogP contribution in [0.2, 0.25) is 0 Å². The Hall–Kier alpha value is -0.810. The van der Waals surface area contributed by atoms with Gasteiger partial charge in [0.15, 0.2) is 0 Å². The van der Waals surface area contributed by atoms with Gasteiger partial charge in [-0.2, -0.15) is 0 Å². The molecule has 28 heavy (non-hydrogen) atoms. The van der Waals surface area contributed by atoms with Crippen LogP contribution in [0.15, 0.2) is 33.2 Å². The summed E-state index contributed by atoms with van der Waals surface area (Å²) in [6, 6.07) is 4.03. The van der Waals surface area contributed by atoms with Crippen molar-refractivity contribution >= 4 is 37.8 Å². The number of rotatable bonds is 16. The van der Waals surface area contributed by atoms with Crippen LogP contribution < -0.4 is 9.84 Å². The smallest absolute Gasteiger partial charge is 0.136 e. The average molecular weight is 517 g/mol. The van der Waals surface area contributed by atoms with Crippen molar-refractivity contribution in [3.05, 3.63) is 38.8 Å². The van der Waals surface area contributed by atoms with E-state index in [2.05, 4.69) is 51.4 Å². The Balaban J connectivity index is 2.37. The van der Waals surface area contributed by atoms with Crippen LogP contribution in [0.5, 0.6) is 5.75 Å². The predicted octanol–water partition coefficient (Wildman–Crippen LogP) is 6.75. The Morgan fingerprint density at radius 1 is 1.00 bits per heavy atom. The SMILES string of the molecule is C=C(CCOc1c(Br)cc(Br)cc1CCCCCCCCCCCC)C(=O)[O-]. The number of unbranched alkanes of at least 4 members (excludes halogenated alkanes) is 9. The van der Waals surface area contributed by atoms with E-state index < -0.39 is 5.97 Å². The molecule has 1 rings (SSSR count). The van der Waals surface area contributed by atoms with Gasteiger partial charge in [-0.3, -0.25) is 0 Å². The Kier molecular flexibility index (Phi) is 13.6. The highest BCUT2D eigenvalue weighted by Crippen LogP contribution is 2.34. The monoisotopic (exact) mass is 515 g/mol. The van der Waals surface area contributed by atoms with Gasteiger partial charge in [-0.05, 0) is 52.0 Å². The van der Waals surface area contributed by atoms with Crippen LogP contribution in [0.4, 0.5) is 0 Å². The lowest BCUT2D eigenvalue weighted by molar-refractivity contribution is -0.299. The number of hydrogen-bond donors (Lipinski definition) is 0. The fourth-order valence-electron chi connectivity index (χ4n) is 3.14. The molecule has 0 atom stereocenters. The highest BCUT2D eigenvalue weighted by atomic mass is 79.9. The minimum absolute atomic E-state index is 0.0597. The van der Waals surface area contributed by atoms with Gasteiger partial charge in [0.1, 0.15) is 5.75 Å². The first kappa shape index (κ1) is 25.2. The third kappa shape index (κ3) is 10.7. The fraction of sp³-hybridized carbons (Fsp3) is 0.609. The number of aryl methyl sites for hydroxylation is 1. The van der Waals surface area contributed by atoms with Gasteiger partial charge in [0.25, 0.3) is 0 Å². The number of carbonyl (C=O) groups excluding carboxylic acids is 1. The molecule has 0 bridgehead atoms. The standard InChI is InChI=1S/C23H34Br2O3/c1-3-4-5-6-7-8-9-10-11-12-13-19-16-20(24)17-21(25)22(19)28-15-14-18(2)23(26)27/h16-17H,2-15H2,1H3,(H,26,27)/p-1. The lowest BCUT2D eigenvalue weighted by atomic mass is 10.0. The Morgan fingerprint density at radius 3 is 2.14 bits per heavy atom. The zero-order valence-corrected chi connectivity index (χ0v) is 20.2. The molecule has 0 aliphatic rings. The van der Waals surface area contributed by atoms with Gasteiger partial charge in [0.05, 0.1) is 17.0 Å². The van der Waals surface area contributed by atoms with Crippen molar-refractivity contribution in [3.63, 3.8) is 0 Å². The molecule has 0 aliphatic heterocycles. The molecule has 0 radical (unpaired) electrons. The Morgan fingerprint density at radius 2 is 1.57 bits per heavy atom. The first-order valence-electron chi connectivity index (χ1n) is 10.5. The molecule has 158 valence electrons. The normalized spacial score (nSPS) is 10.8. The molecule has 1 aromatic carbocycles. The highest BCUT2D eigenvalue weighted by Gasteiger charge is 2.11. The van der Waals surface area contributed by atoms with E-state index in [9.17, 15) is 9.90 Å². The van der Waals surface area contributed by atoms with E-state index in [4.69, 9.17) is 4.74 Å². The van der Waals surface area contributed by atoms with E-state index in [1.165, 1.54) is 57.8 Å². The zero-order valence-electron chi connectivity index (χ0n) is 17.0. The minimum Gasteiger partial charge on any atom is -0.545 e. The van der Waals surface area contributed by atoms with Gasteiger partial charge in [-0.15, -0.1) is 0 Å². The average Bonchev–Trinajstić information content (AvgIpc) is 2.64. The number of aliphatic carboxylic acids is 1. The molecular weight excluding hydrogens is 484 g/mol. The molecule has 0 amide bonds. The van der Waals surface area contributed by atoms with Crippen LogP contribution in [0.3, 0.4) is 0 Å². The second-order valence-corrected chi connectivity index (χ2v) is 9.07. The molecule has 0 fully saturated rings. The van der Waals surface area contributed by atoms with Gasteiger partial charge in [0, 0.05) is 10.9 Å². The number of carboxylic acids is 1. The van der Waals surface area contributed by atoms with Gasteiger partial charge in [-0.1, -0.05) is 87.2 Å². The van der Waals surface area contributed by atoms with Gasteiger partial charge >= 0.3 is 0 Å². The number of carbonyl (C=O) groups is 1. The van der Waals surface area contributed by atoms with E-state index in [1.54, 1.807) is 0 Å². The first-order valence-corrected chi connectivity index (χ1v) is 12.0. The van der Waals surface area contributed by atoms with Gasteiger partial charge < -0.3 is 14.6 Å².